The number of nitrogens with zero attached hydrogens (tertiary/aromatic N) is 2. The molecule has 2 amide bonds. The first-order valence-electron chi connectivity index (χ1n) is 6.53. The van der Waals surface area contributed by atoms with E-state index in [1.807, 2.05) is 0 Å². The Hall–Kier alpha value is -2.11. The molecule has 110 valence electrons. The van der Waals surface area contributed by atoms with Gasteiger partial charge in [-0.3, -0.25) is 9.69 Å². The second-order valence-corrected chi connectivity index (χ2v) is 4.23. The number of carbonyl (C=O) groups excluding carboxylic acids is 1. The topological polar surface area (TPSA) is 60.9 Å². The van der Waals surface area contributed by atoms with Crippen molar-refractivity contribution in [2.45, 2.75) is 20.3 Å². The van der Waals surface area contributed by atoms with Crippen LogP contribution >= 0.6 is 0 Å². The summed E-state index contributed by atoms with van der Waals surface area (Å²) in [5, 5.41) is 8.69. The highest BCUT2D eigenvalue weighted by Crippen LogP contribution is 2.17. The van der Waals surface area contributed by atoms with Gasteiger partial charge in [0.2, 0.25) is 0 Å². The molecule has 0 aliphatic carbocycles. The molecule has 0 spiro atoms. The largest absolute Gasteiger partial charge is 0.481 e. The molecule has 1 aromatic rings. The van der Waals surface area contributed by atoms with Crippen LogP contribution in [0.4, 0.5) is 14.9 Å². The molecule has 0 unspecified atom stereocenters. The molecule has 0 atom stereocenters. The minimum Gasteiger partial charge on any atom is -0.481 e. The number of carboxylic acids is 1. The van der Waals surface area contributed by atoms with E-state index in [-0.39, 0.29) is 19.0 Å². The molecular formula is C14H19FN2O3. The molecule has 0 fully saturated rings. The number of urea groups is 1. The van der Waals surface area contributed by atoms with E-state index in [0.717, 1.165) is 0 Å². The fraction of sp³-hybridized carbons (Fsp3) is 0.429. The van der Waals surface area contributed by atoms with Crippen LogP contribution in [-0.4, -0.2) is 41.6 Å². The Balaban J connectivity index is 2.87. The lowest BCUT2D eigenvalue weighted by Gasteiger charge is -2.29. The lowest BCUT2D eigenvalue weighted by Crippen LogP contribution is -2.44. The fourth-order valence-corrected chi connectivity index (χ4v) is 1.86. The number of amides is 2. The first-order valence-corrected chi connectivity index (χ1v) is 6.53. The average Bonchev–Trinajstić information content (AvgIpc) is 2.40. The molecule has 1 rings (SSSR count). The van der Waals surface area contributed by atoms with Crippen molar-refractivity contribution in [1.82, 2.24) is 4.90 Å². The minimum absolute atomic E-state index is 0.111. The molecule has 20 heavy (non-hydrogen) atoms. The second-order valence-electron chi connectivity index (χ2n) is 4.23. The third kappa shape index (κ3) is 4.22. The maximum Gasteiger partial charge on any atom is 0.324 e. The van der Waals surface area contributed by atoms with Crippen LogP contribution < -0.4 is 4.90 Å². The SMILES string of the molecule is CCN(CCC(=O)O)C(=O)N(CC)c1cccc(F)c1. The highest BCUT2D eigenvalue weighted by atomic mass is 19.1. The number of anilines is 1. The van der Waals surface area contributed by atoms with Gasteiger partial charge < -0.3 is 10.0 Å². The number of benzene rings is 1. The zero-order valence-corrected chi connectivity index (χ0v) is 11.7. The van der Waals surface area contributed by atoms with Gasteiger partial charge in [0.25, 0.3) is 0 Å². The Morgan fingerprint density at radius 2 is 1.95 bits per heavy atom. The monoisotopic (exact) mass is 282 g/mol. The fourth-order valence-electron chi connectivity index (χ4n) is 1.86. The summed E-state index contributed by atoms with van der Waals surface area (Å²) in [4.78, 5) is 25.8. The molecule has 5 nitrogen and oxygen atoms in total. The van der Waals surface area contributed by atoms with Crippen molar-refractivity contribution in [1.29, 1.82) is 0 Å². The molecular weight excluding hydrogens is 263 g/mol. The first kappa shape index (κ1) is 15.9. The third-order valence-corrected chi connectivity index (χ3v) is 2.91. The standard InChI is InChI=1S/C14H19FN2O3/c1-3-16(9-8-13(18)19)14(20)17(4-2)12-7-5-6-11(15)10-12/h5-7,10H,3-4,8-9H2,1-2H3,(H,18,19). The average molecular weight is 282 g/mol. The van der Waals surface area contributed by atoms with Crippen LogP contribution in [0.1, 0.15) is 20.3 Å². The predicted octanol–water partition coefficient (Wildman–Crippen LogP) is 2.57. The molecule has 0 radical (unpaired) electrons. The van der Waals surface area contributed by atoms with Crippen molar-refractivity contribution in [2.75, 3.05) is 24.5 Å². The van der Waals surface area contributed by atoms with Crippen LogP contribution in [0.15, 0.2) is 24.3 Å². The molecule has 0 aliphatic rings. The zero-order valence-electron chi connectivity index (χ0n) is 11.7. The van der Waals surface area contributed by atoms with Gasteiger partial charge in [-0.05, 0) is 32.0 Å². The number of carboxylic acid groups (broad SMARTS) is 1. The maximum absolute atomic E-state index is 13.2. The van der Waals surface area contributed by atoms with E-state index in [0.29, 0.717) is 18.8 Å². The molecule has 1 aromatic carbocycles. The predicted molar refractivity (Wildman–Crippen MR) is 74.3 cm³/mol. The summed E-state index contributed by atoms with van der Waals surface area (Å²) >= 11 is 0. The van der Waals surface area contributed by atoms with E-state index < -0.39 is 11.8 Å². The number of hydrogen-bond acceptors (Lipinski definition) is 2. The van der Waals surface area contributed by atoms with Gasteiger partial charge in [0.1, 0.15) is 5.82 Å². The molecule has 0 saturated carbocycles. The molecule has 0 bridgehead atoms. The summed E-state index contributed by atoms with van der Waals surface area (Å²) < 4.78 is 13.2. The number of aliphatic carboxylic acids is 1. The first-order chi connectivity index (χ1) is 9.49. The number of halogens is 1. The Morgan fingerprint density at radius 1 is 1.25 bits per heavy atom. The summed E-state index contributed by atoms with van der Waals surface area (Å²) in [6.07, 6.45) is -0.111. The van der Waals surface area contributed by atoms with Crippen molar-refractivity contribution in [3.05, 3.63) is 30.1 Å². The highest BCUT2D eigenvalue weighted by molar-refractivity contribution is 5.92. The van der Waals surface area contributed by atoms with Gasteiger partial charge >= 0.3 is 12.0 Å². The van der Waals surface area contributed by atoms with Crippen molar-refractivity contribution < 1.29 is 19.1 Å². The van der Waals surface area contributed by atoms with Crippen molar-refractivity contribution in [2.24, 2.45) is 0 Å². The number of hydrogen-bond donors (Lipinski definition) is 1. The van der Waals surface area contributed by atoms with Crippen molar-refractivity contribution >= 4 is 17.7 Å². The van der Waals surface area contributed by atoms with Gasteiger partial charge in [-0.25, -0.2) is 9.18 Å². The molecule has 0 aromatic heterocycles. The molecule has 0 aliphatic heterocycles. The van der Waals surface area contributed by atoms with E-state index in [1.54, 1.807) is 19.9 Å². The van der Waals surface area contributed by atoms with Crippen molar-refractivity contribution in [3.63, 3.8) is 0 Å². The lowest BCUT2D eigenvalue weighted by molar-refractivity contribution is -0.137. The van der Waals surface area contributed by atoms with Crippen LogP contribution in [0.5, 0.6) is 0 Å². The smallest absolute Gasteiger partial charge is 0.324 e. The zero-order chi connectivity index (χ0) is 15.1. The van der Waals surface area contributed by atoms with Crippen molar-refractivity contribution in [3.8, 4) is 0 Å². The summed E-state index contributed by atoms with van der Waals surface area (Å²) in [6.45, 7) is 4.48. The van der Waals surface area contributed by atoms with Crippen LogP contribution in [-0.2, 0) is 4.79 Å². The summed E-state index contributed by atoms with van der Waals surface area (Å²) in [5.74, 6) is -1.37. The summed E-state index contributed by atoms with van der Waals surface area (Å²) in [7, 11) is 0. The van der Waals surface area contributed by atoms with Crippen LogP contribution in [0, 0.1) is 5.82 Å². The quantitative estimate of drug-likeness (QED) is 0.872. The molecule has 6 heteroatoms. The van der Waals surface area contributed by atoms with Crippen LogP contribution in [0.2, 0.25) is 0 Å². The normalized spacial score (nSPS) is 10.2. The highest BCUT2D eigenvalue weighted by Gasteiger charge is 2.20. The Morgan fingerprint density at radius 3 is 2.45 bits per heavy atom. The van der Waals surface area contributed by atoms with E-state index in [2.05, 4.69) is 0 Å². The van der Waals surface area contributed by atoms with E-state index in [9.17, 15) is 14.0 Å². The molecule has 1 N–H and O–H groups in total. The summed E-state index contributed by atoms with van der Waals surface area (Å²) in [6, 6.07) is 5.46. The van der Waals surface area contributed by atoms with Gasteiger partial charge in [0, 0.05) is 25.3 Å². The number of rotatable bonds is 6. The van der Waals surface area contributed by atoms with Gasteiger partial charge in [-0.15, -0.1) is 0 Å². The van der Waals surface area contributed by atoms with E-state index in [1.165, 1.54) is 28.0 Å². The maximum atomic E-state index is 13.2. The van der Waals surface area contributed by atoms with Gasteiger partial charge in [-0.1, -0.05) is 6.07 Å². The summed E-state index contributed by atoms with van der Waals surface area (Å²) in [5.41, 5.74) is 0.464. The number of carbonyl (C=O) groups is 2. The molecule has 0 saturated heterocycles. The minimum atomic E-state index is -0.954. The Labute approximate surface area is 117 Å². The van der Waals surface area contributed by atoms with Gasteiger partial charge in [-0.2, -0.15) is 0 Å². The van der Waals surface area contributed by atoms with Gasteiger partial charge in [0.05, 0.1) is 6.42 Å². The van der Waals surface area contributed by atoms with Gasteiger partial charge in [0.15, 0.2) is 0 Å². The second kappa shape index (κ2) is 7.47. The Kier molecular flexibility index (Phi) is 5.96. The Bertz CT molecular complexity index is 479. The van der Waals surface area contributed by atoms with E-state index in [4.69, 9.17) is 5.11 Å². The van der Waals surface area contributed by atoms with Crippen LogP contribution in [0.25, 0.3) is 0 Å². The third-order valence-electron chi connectivity index (χ3n) is 2.91. The molecule has 0 heterocycles. The lowest BCUT2D eigenvalue weighted by atomic mass is 10.3. The van der Waals surface area contributed by atoms with E-state index >= 15 is 0 Å². The van der Waals surface area contributed by atoms with Crippen LogP contribution in [0.3, 0.4) is 0 Å².